The molecule has 144 valence electrons. The minimum atomic E-state index is -0.936. The number of nitrogens with zero attached hydrogens (tertiary/aromatic N) is 2. The summed E-state index contributed by atoms with van der Waals surface area (Å²) in [4.78, 5) is 30.0. The van der Waals surface area contributed by atoms with Crippen LogP contribution >= 0.6 is 0 Å². The van der Waals surface area contributed by atoms with E-state index in [1.807, 2.05) is 0 Å². The zero-order chi connectivity index (χ0) is 20.5. The number of hydrogen-bond acceptors (Lipinski definition) is 4. The highest BCUT2D eigenvalue weighted by atomic mass is 19.1. The van der Waals surface area contributed by atoms with E-state index in [-0.39, 0.29) is 22.4 Å². The van der Waals surface area contributed by atoms with Crippen molar-refractivity contribution in [2.45, 2.75) is 0 Å². The predicted molar refractivity (Wildman–Crippen MR) is 103 cm³/mol. The lowest BCUT2D eigenvalue weighted by atomic mass is 10.1. The van der Waals surface area contributed by atoms with Crippen molar-refractivity contribution in [3.8, 4) is 11.4 Å². The zero-order valence-corrected chi connectivity index (χ0v) is 14.8. The number of halogens is 2. The molecule has 0 spiro atoms. The fraction of sp³-hybridized carbons (Fsp3) is 0. The Balaban J connectivity index is 1.95. The highest BCUT2D eigenvalue weighted by Crippen LogP contribution is 2.27. The molecule has 1 amide bonds. The first-order valence-corrected chi connectivity index (χ1v) is 8.51. The SMILES string of the molecule is O=C(Nc1cccc(F)c1)c1c(O)c2cccnc2n(-c2cccc(F)c2)c1=O. The minimum absolute atomic E-state index is 0.0582. The summed E-state index contributed by atoms with van der Waals surface area (Å²) >= 11 is 0. The van der Waals surface area contributed by atoms with Crippen LogP contribution in [0.1, 0.15) is 10.4 Å². The quantitative estimate of drug-likeness (QED) is 0.557. The molecule has 0 aliphatic carbocycles. The zero-order valence-electron chi connectivity index (χ0n) is 14.8. The number of pyridine rings is 2. The number of fused-ring (bicyclic) bond motifs is 1. The number of nitrogens with one attached hydrogen (secondary N) is 1. The highest BCUT2D eigenvalue weighted by Gasteiger charge is 2.24. The van der Waals surface area contributed by atoms with E-state index in [4.69, 9.17) is 0 Å². The van der Waals surface area contributed by atoms with E-state index in [1.54, 1.807) is 0 Å². The Morgan fingerprint density at radius 1 is 1.00 bits per heavy atom. The molecule has 0 saturated heterocycles. The van der Waals surface area contributed by atoms with Crippen molar-refractivity contribution >= 4 is 22.6 Å². The first-order valence-electron chi connectivity index (χ1n) is 8.51. The molecule has 6 nitrogen and oxygen atoms in total. The Morgan fingerprint density at radius 2 is 1.72 bits per heavy atom. The Hall–Kier alpha value is -4.07. The number of aromatic nitrogens is 2. The molecule has 0 radical (unpaired) electrons. The first kappa shape index (κ1) is 18.3. The number of amides is 1. The van der Waals surface area contributed by atoms with Gasteiger partial charge in [0.1, 0.15) is 22.9 Å². The summed E-state index contributed by atoms with van der Waals surface area (Å²) in [5.74, 6) is -2.67. The predicted octanol–water partition coefficient (Wildman–Crippen LogP) is 3.62. The van der Waals surface area contributed by atoms with Gasteiger partial charge in [0.15, 0.2) is 5.65 Å². The topological polar surface area (TPSA) is 84.2 Å². The molecule has 0 aliphatic heterocycles. The average molecular weight is 393 g/mol. The van der Waals surface area contributed by atoms with Crippen LogP contribution in [-0.4, -0.2) is 20.6 Å². The number of carbonyl (C=O) groups is 1. The van der Waals surface area contributed by atoms with Gasteiger partial charge in [-0.1, -0.05) is 12.1 Å². The average Bonchev–Trinajstić information content (AvgIpc) is 2.68. The summed E-state index contributed by atoms with van der Waals surface area (Å²) < 4.78 is 28.2. The first-order chi connectivity index (χ1) is 14.0. The van der Waals surface area contributed by atoms with E-state index < -0.39 is 34.4 Å². The Bertz CT molecular complexity index is 1320. The van der Waals surface area contributed by atoms with Crippen LogP contribution in [0.25, 0.3) is 16.7 Å². The lowest BCUT2D eigenvalue weighted by Crippen LogP contribution is -2.29. The standard InChI is InChI=1S/C21H13F2N3O3/c22-12-4-1-6-14(10-12)25-20(28)17-18(27)16-8-3-9-24-19(16)26(21(17)29)15-7-2-5-13(23)11-15/h1-11,27H,(H,25,28). The van der Waals surface area contributed by atoms with Gasteiger partial charge < -0.3 is 10.4 Å². The maximum atomic E-state index is 13.7. The van der Waals surface area contributed by atoms with Crippen molar-refractivity contribution < 1.29 is 18.7 Å². The summed E-state index contributed by atoms with van der Waals surface area (Å²) in [6.45, 7) is 0. The van der Waals surface area contributed by atoms with Gasteiger partial charge >= 0.3 is 0 Å². The van der Waals surface area contributed by atoms with Crippen LogP contribution in [0.5, 0.6) is 5.75 Å². The van der Waals surface area contributed by atoms with Gasteiger partial charge in [-0.05, 0) is 48.5 Å². The van der Waals surface area contributed by atoms with Gasteiger partial charge in [-0.25, -0.2) is 13.8 Å². The van der Waals surface area contributed by atoms with E-state index in [9.17, 15) is 23.5 Å². The van der Waals surface area contributed by atoms with Crippen LogP contribution < -0.4 is 10.9 Å². The molecule has 0 unspecified atom stereocenters. The Morgan fingerprint density at radius 3 is 2.45 bits per heavy atom. The molecule has 4 rings (SSSR count). The summed E-state index contributed by atoms with van der Waals surface area (Å²) in [5, 5.41) is 13.1. The van der Waals surface area contributed by atoms with Gasteiger partial charge in [0.2, 0.25) is 0 Å². The second-order valence-electron chi connectivity index (χ2n) is 6.18. The molecule has 0 bridgehead atoms. The van der Waals surface area contributed by atoms with Crippen molar-refractivity contribution in [2.24, 2.45) is 0 Å². The minimum Gasteiger partial charge on any atom is -0.506 e. The maximum absolute atomic E-state index is 13.7. The Kier molecular flexibility index (Phi) is 4.52. The largest absolute Gasteiger partial charge is 0.506 e. The van der Waals surface area contributed by atoms with Crippen LogP contribution in [0.2, 0.25) is 0 Å². The highest BCUT2D eigenvalue weighted by molar-refractivity contribution is 6.09. The van der Waals surface area contributed by atoms with Gasteiger partial charge in [-0.2, -0.15) is 0 Å². The molecule has 4 aromatic rings. The molecular weight excluding hydrogens is 380 g/mol. The van der Waals surface area contributed by atoms with Gasteiger partial charge in [-0.3, -0.25) is 14.2 Å². The second kappa shape index (κ2) is 7.16. The smallest absolute Gasteiger partial charge is 0.273 e. The molecule has 0 fully saturated rings. The van der Waals surface area contributed by atoms with Crippen LogP contribution in [-0.2, 0) is 0 Å². The molecular formula is C21H13F2N3O3. The van der Waals surface area contributed by atoms with Crippen molar-refractivity contribution in [1.82, 2.24) is 9.55 Å². The Labute approximate surface area is 162 Å². The molecule has 8 heteroatoms. The van der Waals surface area contributed by atoms with Crippen LogP contribution in [0, 0.1) is 11.6 Å². The number of rotatable bonds is 3. The lowest BCUT2D eigenvalue weighted by molar-refractivity contribution is 0.102. The van der Waals surface area contributed by atoms with Crippen LogP contribution in [0.4, 0.5) is 14.5 Å². The van der Waals surface area contributed by atoms with Gasteiger partial charge in [0, 0.05) is 11.9 Å². The third kappa shape index (κ3) is 3.31. The number of aromatic hydroxyl groups is 1. The third-order valence-corrected chi connectivity index (χ3v) is 4.28. The number of hydrogen-bond donors (Lipinski definition) is 2. The van der Waals surface area contributed by atoms with E-state index in [1.165, 1.54) is 54.7 Å². The summed E-state index contributed by atoms with van der Waals surface area (Å²) in [6.07, 6.45) is 1.41. The molecule has 2 heterocycles. The molecule has 29 heavy (non-hydrogen) atoms. The van der Waals surface area contributed by atoms with Crippen LogP contribution in [0.15, 0.2) is 71.7 Å². The number of carbonyl (C=O) groups excluding carboxylic acids is 1. The van der Waals surface area contributed by atoms with E-state index in [0.717, 1.165) is 16.7 Å². The van der Waals surface area contributed by atoms with Gasteiger partial charge in [0.05, 0.1) is 11.1 Å². The second-order valence-corrected chi connectivity index (χ2v) is 6.18. The summed E-state index contributed by atoms with van der Waals surface area (Å²) in [5.41, 5.74) is -1.16. The van der Waals surface area contributed by atoms with Crippen molar-refractivity contribution in [3.63, 3.8) is 0 Å². The van der Waals surface area contributed by atoms with Crippen molar-refractivity contribution in [2.75, 3.05) is 5.32 Å². The normalized spacial score (nSPS) is 10.8. The fourth-order valence-electron chi connectivity index (χ4n) is 3.02. The van der Waals surface area contributed by atoms with Gasteiger partial charge in [0.25, 0.3) is 11.5 Å². The van der Waals surface area contributed by atoms with Crippen molar-refractivity contribution in [1.29, 1.82) is 0 Å². The summed E-state index contributed by atoms with van der Waals surface area (Å²) in [6, 6.07) is 13.3. The number of anilines is 1. The van der Waals surface area contributed by atoms with Gasteiger partial charge in [-0.15, -0.1) is 0 Å². The molecule has 2 aromatic carbocycles. The fourth-order valence-corrected chi connectivity index (χ4v) is 3.02. The summed E-state index contributed by atoms with van der Waals surface area (Å²) in [7, 11) is 0. The van der Waals surface area contributed by atoms with Crippen LogP contribution in [0.3, 0.4) is 0 Å². The molecule has 2 N–H and O–H groups in total. The molecule has 0 saturated carbocycles. The van der Waals surface area contributed by atoms with E-state index in [2.05, 4.69) is 10.3 Å². The molecule has 0 atom stereocenters. The lowest BCUT2D eigenvalue weighted by Gasteiger charge is -2.14. The third-order valence-electron chi connectivity index (χ3n) is 4.28. The molecule has 0 aliphatic rings. The van der Waals surface area contributed by atoms with Crippen molar-refractivity contribution in [3.05, 3.63) is 94.4 Å². The molecule has 2 aromatic heterocycles. The maximum Gasteiger partial charge on any atom is 0.273 e. The van der Waals surface area contributed by atoms with E-state index >= 15 is 0 Å². The monoisotopic (exact) mass is 393 g/mol. The number of benzene rings is 2. The van der Waals surface area contributed by atoms with E-state index in [0.29, 0.717) is 0 Å².